The maximum atomic E-state index is 13.6. The average molecular weight is 754 g/mol. The van der Waals surface area contributed by atoms with Gasteiger partial charge in [-0.15, -0.1) is 0 Å². The first kappa shape index (κ1) is 41.6. The Hall–Kier alpha value is -6.11. The van der Waals surface area contributed by atoms with Crippen LogP contribution >= 0.6 is 0 Å². The summed E-state index contributed by atoms with van der Waals surface area (Å²) in [6.45, 7) is 16.5. The number of hydroxylamine groups is 1. The number of esters is 1. The molecule has 292 valence electrons. The van der Waals surface area contributed by atoms with Crippen LogP contribution in [-0.4, -0.2) is 66.6 Å². The summed E-state index contributed by atoms with van der Waals surface area (Å²) >= 11 is 0. The van der Waals surface area contributed by atoms with Gasteiger partial charge in [-0.25, -0.2) is 15.1 Å². The molecule has 13 nitrogen and oxygen atoms in total. The number of hydrogen-bond donors (Lipinski definition) is 2. The number of ether oxygens (including phenoxy) is 4. The van der Waals surface area contributed by atoms with Crippen molar-refractivity contribution >= 4 is 35.5 Å². The van der Waals surface area contributed by atoms with Crippen LogP contribution in [0.15, 0.2) is 94.1 Å². The van der Waals surface area contributed by atoms with E-state index in [1.807, 2.05) is 73.9 Å². The molecule has 2 atom stereocenters. The minimum Gasteiger partial charge on any atom is -0.465 e. The fourth-order valence-corrected chi connectivity index (χ4v) is 5.82. The SMILES string of the molecule is CCOc1nc2cccc(C(=O)OC(C)OC(=O)OC/C(C)=C(\C)NC(C)/C(C)=C(\C)CC)c2n1Cc1ccc(-c2ccccc2C(=NC)NOC=O)cc1. The van der Waals surface area contributed by atoms with Crippen LogP contribution in [0.25, 0.3) is 22.2 Å². The number of nitrogens with one attached hydrogen (secondary N) is 2. The molecular formula is C42H51N5O8. The van der Waals surface area contributed by atoms with Crippen molar-refractivity contribution < 1.29 is 38.2 Å². The van der Waals surface area contributed by atoms with Crippen LogP contribution in [0.3, 0.4) is 0 Å². The Morgan fingerprint density at radius 2 is 1.62 bits per heavy atom. The van der Waals surface area contributed by atoms with E-state index in [9.17, 15) is 14.4 Å². The number of imidazole rings is 1. The highest BCUT2D eigenvalue weighted by molar-refractivity contribution is 6.04. The van der Waals surface area contributed by atoms with E-state index in [0.29, 0.717) is 42.5 Å². The molecule has 3 aromatic carbocycles. The molecule has 0 aliphatic rings. The maximum absolute atomic E-state index is 13.6. The number of fused-ring (bicyclic) bond motifs is 1. The van der Waals surface area contributed by atoms with Gasteiger partial charge >= 0.3 is 18.6 Å². The first-order valence-corrected chi connectivity index (χ1v) is 18.2. The lowest BCUT2D eigenvalue weighted by molar-refractivity contribution is -0.132. The van der Waals surface area contributed by atoms with Crippen molar-refractivity contribution in [3.63, 3.8) is 0 Å². The van der Waals surface area contributed by atoms with Crippen molar-refractivity contribution in [3.05, 3.63) is 106 Å². The van der Waals surface area contributed by atoms with Crippen molar-refractivity contribution in [1.29, 1.82) is 0 Å². The fourth-order valence-electron chi connectivity index (χ4n) is 5.82. The van der Waals surface area contributed by atoms with Gasteiger partial charge in [-0.1, -0.05) is 72.7 Å². The number of aliphatic imine (C=N–C) groups is 1. The molecule has 0 saturated heterocycles. The summed E-state index contributed by atoms with van der Waals surface area (Å²) in [6, 6.07) is 21.1. The molecule has 4 rings (SSSR count). The number of nitrogens with zero attached hydrogens (tertiary/aromatic N) is 3. The predicted octanol–water partition coefficient (Wildman–Crippen LogP) is 7.88. The van der Waals surface area contributed by atoms with Crippen molar-refractivity contribution in [2.75, 3.05) is 20.3 Å². The van der Waals surface area contributed by atoms with E-state index in [0.717, 1.165) is 39.9 Å². The molecule has 0 amide bonds. The van der Waals surface area contributed by atoms with Gasteiger partial charge in [0, 0.05) is 31.3 Å². The predicted molar refractivity (Wildman–Crippen MR) is 212 cm³/mol. The van der Waals surface area contributed by atoms with E-state index in [1.54, 1.807) is 25.2 Å². The summed E-state index contributed by atoms with van der Waals surface area (Å²) in [5, 5.41) is 3.46. The second-order valence-electron chi connectivity index (χ2n) is 12.9. The smallest absolute Gasteiger partial charge is 0.465 e. The molecule has 2 unspecified atom stereocenters. The van der Waals surface area contributed by atoms with Gasteiger partial charge in [-0.2, -0.15) is 4.98 Å². The van der Waals surface area contributed by atoms with Crippen molar-refractivity contribution in [2.24, 2.45) is 4.99 Å². The third-order valence-electron chi connectivity index (χ3n) is 9.31. The lowest BCUT2D eigenvalue weighted by atomic mass is 9.98. The summed E-state index contributed by atoms with van der Waals surface area (Å²) < 4.78 is 23.9. The maximum Gasteiger partial charge on any atom is 0.511 e. The normalized spacial score (nSPS) is 13.5. The molecule has 0 aliphatic carbocycles. The number of aromatic nitrogens is 2. The third kappa shape index (κ3) is 10.7. The van der Waals surface area contributed by atoms with Gasteiger partial charge in [0.05, 0.1) is 29.7 Å². The largest absolute Gasteiger partial charge is 0.511 e. The van der Waals surface area contributed by atoms with Gasteiger partial charge in [0.25, 0.3) is 6.01 Å². The Morgan fingerprint density at radius 3 is 2.29 bits per heavy atom. The number of carbonyl (C=O) groups excluding carboxylic acids is 3. The minimum absolute atomic E-state index is 0.00830. The van der Waals surface area contributed by atoms with Gasteiger partial charge in [-0.3, -0.25) is 14.4 Å². The molecule has 0 saturated carbocycles. The van der Waals surface area contributed by atoms with E-state index in [2.05, 4.69) is 48.5 Å². The van der Waals surface area contributed by atoms with E-state index >= 15 is 0 Å². The van der Waals surface area contributed by atoms with Crippen molar-refractivity contribution in [2.45, 2.75) is 80.7 Å². The molecule has 0 aliphatic heterocycles. The van der Waals surface area contributed by atoms with Crippen LogP contribution in [0.4, 0.5) is 4.79 Å². The number of para-hydroxylation sites is 1. The van der Waals surface area contributed by atoms with Crippen molar-refractivity contribution in [1.82, 2.24) is 20.3 Å². The Balaban J connectivity index is 1.49. The van der Waals surface area contributed by atoms with Crippen LogP contribution in [0, 0.1) is 0 Å². The van der Waals surface area contributed by atoms with Crippen LogP contribution in [0.2, 0.25) is 0 Å². The molecule has 2 N–H and O–H groups in total. The quantitative estimate of drug-likeness (QED) is 0.0158. The van der Waals surface area contributed by atoms with Crippen LogP contribution < -0.4 is 15.5 Å². The fraction of sp³-hybridized carbons (Fsp3) is 0.357. The Bertz CT molecular complexity index is 2070. The lowest BCUT2D eigenvalue weighted by Crippen LogP contribution is -2.27. The number of hydrogen-bond acceptors (Lipinski definition) is 11. The minimum atomic E-state index is -1.24. The van der Waals surface area contributed by atoms with Crippen LogP contribution in [-0.2, 0) is 30.4 Å². The molecule has 1 heterocycles. The first-order chi connectivity index (χ1) is 26.4. The topological polar surface area (TPSA) is 152 Å². The first-order valence-electron chi connectivity index (χ1n) is 18.2. The van der Waals surface area contributed by atoms with E-state index in [-0.39, 0.29) is 18.2 Å². The molecule has 0 spiro atoms. The van der Waals surface area contributed by atoms with E-state index in [1.165, 1.54) is 18.1 Å². The van der Waals surface area contributed by atoms with Crippen molar-refractivity contribution in [3.8, 4) is 17.1 Å². The summed E-state index contributed by atoms with van der Waals surface area (Å²) in [4.78, 5) is 50.6. The number of rotatable bonds is 17. The third-order valence-corrected chi connectivity index (χ3v) is 9.31. The zero-order valence-corrected chi connectivity index (χ0v) is 33.0. The average Bonchev–Trinajstić information content (AvgIpc) is 3.53. The van der Waals surface area contributed by atoms with Gasteiger partial charge in [0.15, 0.2) is 5.84 Å². The summed E-state index contributed by atoms with van der Waals surface area (Å²) in [5.41, 5.74) is 11.6. The number of amidine groups is 1. The summed E-state index contributed by atoms with van der Waals surface area (Å²) in [6.07, 6.45) is -1.22. The summed E-state index contributed by atoms with van der Waals surface area (Å²) in [7, 11) is 1.60. The molecule has 0 fully saturated rings. The van der Waals surface area contributed by atoms with E-state index < -0.39 is 18.4 Å². The standard InChI is InChI=1S/C42H51N5O8/c1-10-26(3)28(5)30(7)44-29(6)27(4)24-52-42(50)55-31(8)54-40(49)36-17-14-18-37-38(36)47(41(45-37)51-11-2)23-32-19-21-33(22-20-32)34-15-12-13-16-35(34)39(43-9)46-53-25-48/h12-22,25,30-31,44H,10-11,23-24H2,1-9H3,(H,43,46)/b28-26+,29-27+. The van der Waals surface area contributed by atoms with Gasteiger partial charge in [0.2, 0.25) is 6.29 Å². The van der Waals surface area contributed by atoms with Gasteiger partial charge < -0.3 is 29.1 Å². The zero-order chi connectivity index (χ0) is 40.1. The monoisotopic (exact) mass is 753 g/mol. The Labute approximate surface area is 322 Å². The highest BCUT2D eigenvalue weighted by Crippen LogP contribution is 2.29. The number of allylic oxidation sites excluding steroid dienone is 2. The number of benzene rings is 3. The van der Waals surface area contributed by atoms with E-state index in [4.69, 9.17) is 23.8 Å². The molecule has 55 heavy (non-hydrogen) atoms. The lowest BCUT2D eigenvalue weighted by Gasteiger charge is -2.20. The van der Waals surface area contributed by atoms with Gasteiger partial charge in [-0.05, 0) is 82.4 Å². The highest BCUT2D eigenvalue weighted by Gasteiger charge is 2.23. The second kappa shape index (κ2) is 19.8. The Morgan fingerprint density at radius 1 is 0.909 bits per heavy atom. The molecule has 0 radical (unpaired) electrons. The molecule has 4 aromatic rings. The molecule has 13 heteroatoms. The highest BCUT2D eigenvalue weighted by atomic mass is 16.8. The second-order valence-corrected chi connectivity index (χ2v) is 12.9. The summed E-state index contributed by atoms with van der Waals surface area (Å²) in [5.74, 6) is -0.311. The number of carbonyl (C=O) groups is 3. The van der Waals surface area contributed by atoms with Gasteiger partial charge in [0.1, 0.15) is 6.61 Å². The Kier molecular flexibility index (Phi) is 15.0. The van der Waals surface area contributed by atoms with Crippen LogP contribution in [0.5, 0.6) is 6.01 Å². The molecular weight excluding hydrogens is 702 g/mol. The molecule has 0 bridgehead atoms. The van der Waals surface area contributed by atoms with Crippen LogP contribution in [0.1, 0.15) is 83.3 Å². The zero-order valence-electron chi connectivity index (χ0n) is 33.0. The molecule has 1 aromatic heterocycles.